The molecule has 0 bridgehead atoms. The molecule has 2 atom stereocenters. The molecular weight excluding hydrogens is 274 g/mol. The molecule has 1 aromatic rings. The van der Waals surface area contributed by atoms with Gasteiger partial charge in [0.25, 0.3) is 0 Å². The zero-order valence-corrected chi connectivity index (χ0v) is 12.6. The van der Waals surface area contributed by atoms with Crippen molar-refractivity contribution in [3.8, 4) is 0 Å². The van der Waals surface area contributed by atoms with E-state index >= 15 is 0 Å². The Bertz CT molecular complexity index is 446. The van der Waals surface area contributed by atoms with Gasteiger partial charge in [-0.3, -0.25) is 4.79 Å². The normalized spacial score (nSPS) is 21.6. The van der Waals surface area contributed by atoms with Crippen LogP contribution in [-0.2, 0) is 11.2 Å². The average Bonchev–Trinajstić information content (AvgIpc) is 2.41. The van der Waals surface area contributed by atoms with Gasteiger partial charge in [-0.25, -0.2) is 0 Å². The van der Waals surface area contributed by atoms with Gasteiger partial charge in [-0.05, 0) is 56.3 Å². The van der Waals surface area contributed by atoms with Crippen molar-refractivity contribution in [3.63, 3.8) is 0 Å². The van der Waals surface area contributed by atoms with Gasteiger partial charge in [0.15, 0.2) is 0 Å². The summed E-state index contributed by atoms with van der Waals surface area (Å²) in [5, 5.41) is 9.69. The van der Waals surface area contributed by atoms with Gasteiger partial charge < -0.3 is 10.0 Å². The molecule has 3 nitrogen and oxygen atoms in total. The minimum atomic E-state index is -0.679. The highest BCUT2D eigenvalue weighted by molar-refractivity contribution is 6.30. The first-order valence-electron chi connectivity index (χ1n) is 7.25. The summed E-state index contributed by atoms with van der Waals surface area (Å²) in [6, 6.07) is 8.42. The van der Waals surface area contributed by atoms with Crippen LogP contribution in [0.5, 0.6) is 0 Å². The van der Waals surface area contributed by atoms with Crippen LogP contribution in [-0.4, -0.2) is 35.1 Å². The van der Waals surface area contributed by atoms with Crippen LogP contribution in [0.2, 0.25) is 5.02 Å². The SMILES string of the molecule is CC(Cc1ccc(Cl)cc1)N1CCCC(CC(=O)O)C1. The first-order chi connectivity index (χ1) is 9.54. The topological polar surface area (TPSA) is 40.5 Å². The summed E-state index contributed by atoms with van der Waals surface area (Å²) in [4.78, 5) is 13.3. The molecule has 1 aromatic carbocycles. The molecule has 0 amide bonds. The fourth-order valence-electron chi connectivity index (χ4n) is 3.00. The highest BCUT2D eigenvalue weighted by Crippen LogP contribution is 2.23. The lowest BCUT2D eigenvalue weighted by Gasteiger charge is -2.36. The molecule has 0 spiro atoms. The molecular formula is C16H22ClNO2. The molecule has 0 aliphatic carbocycles. The number of carboxylic acids is 1. The lowest BCUT2D eigenvalue weighted by Crippen LogP contribution is -2.42. The van der Waals surface area contributed by atoms with Gasteiger partial charge in [-0.2, -0.15) is 0 Å². The van der Waals surface area contributed by atoms with E-state index in [-0.39, 0.29) is 0 Å². The van der Waals surface area contributed by atoms with Crippen molar-refractivity contribution in [2.24, 2.45) is 5.92 Å². The average molecular weight is 296 g/mol. The zero-order valence-electron chi connectivity index (χ0n) is 11.9. The Morgan fingerprint density at radius 1 is 1.45 bits per heavy atom. The van der Waals surface area contributed by atoms with E-state index in [0.717, 1.165) is 37.4 Å². The summed E-state index contributed by atoms with van der Waals surface area (Å²) in [5.41, 5.74) is 1.28. The van der Waals surface area contributed by atoms with Gasteiger partial charge in [-0.15, -0.1) is 0 Å². The van der Waals surface area contributed by atoms with Crippen LogP contribution in [0.15, 0.2) is 24.3 Å². The van der Waals surface area contributed by atoms with E-state index in [1.54, 1.807) is 0 Å². The molecule has 1 N–H and O–H groups in total. The summed E-state index contributed by atoms with van der Waals surface area (Å²) >= 11 is 5.90. The van der Waals surface area contributed by atoms with E-state index in [4.69, 9.17) is 16.7 Å². The second-order valence-electron chi connectivity index (χ2n) is 5.78. The first kappa shape index (κ1) is 15.3. The Morgan fingerprint density at radius 3 is 2.80 bits per heavy atom. The number of rotatable bonds is 5. The molecule has 1 heterocycles. The molecule has 1 aliphatic rings. The molecule has 0 radical (unpaired) electrons. The fraction of sp³-hybridized carbons (Fsp3) is 0.562. The lowest BCUT2D eigenvalue weighted by molar-refractivity contribution is -0.138. The molecule has 2 unspecified atom stereocenters. The predicted molar refractivity (Wildman–Crippen MR) is 81.2 cm³/mol. The maximum atomic E-state index is 10.8. The fourth-order valence-corrected chi connectivity index (χ4v) is 3.13. The number of nitrogens with zero attached hydrogens (tertiary/aromatic N) is 1. The third-order valence-electron chi connectivity index (χ3n) is 4.08. The molecule has 110 valence electrons. The van der Waals surface area contributed by atoms with Crippen LogP contribution in [0.25, 0.3) is 0 Å². The van der Waals surface area contributed by atoms with Gasteiger partial charge in [0.2, 0.25) is 0 Å². The number of likely N-dealkylation sites (tertiary alicyclic amines) is 1. The van der Waals surface area contributed by atoms with E-state index < -0.39 is 5.97 Å². The van der Waals surface area contributed by atoms with Crippen molar-refractivity contribution in [1.29, 1.82) is 0 Å². The largest absolute Gasteiger partial charge is 0.481 e. The number of benzene rings is 1. The zero-order chi connectivity index (χ0) is 14.5. The summed E-state index contributed by atoms with van der Waals surface area (Å²) in [5.74, 6) is -0.379. The van der Waals surface area contributed by atoms with Gasteiger partial charge in [0.05, 0.1) is 0 Å². The van der Waals surface area contributed by atoms with Crippen molar-refractivity contribution < 1.29 is 9.90 Å². The van der Waals surface area contributed by atoms with Crippen LogP contribution in [0.4, 0.5) is 0 Å². The van der Waals surface area contributed by atoms with Crippen LogP contribution in [0.3, 0.4) is 0 Å². The Labute approximate surface area is 125 Å². The second kappa shape index (κ2) is 7.09. The molecule has 0 saturated carbocycles. The Kier molecular flexibility index (Phi) is 5.44. The van der Waals surface area contributed by atoms with Crippen molar-refractivity contribution in [2.45, 2.75) is 38.6 Å². The molecule has 1 aliphatic heterocycles. The number of carbonyl (C=O) groups is 1. The highest BCUT2D eigenvalue weighted by atomic mass is 35.5. The van der Waals surface area contributed by atoms with Crippen LogP contribution in [0.1, 0.15) is 31.7 Å². The van der Waals surface area contributed by atoms with Crippen molar-refractivity contribution in [3.05, 3.63) is 34.9 Å². The minimum absolute atomic E-state index is 0.296. The van der Waals surface area contributed by atoms with E-state index in [2.05, 4.69) is 24.0 Å². The molecule has 1 saturated heterocycles. The summed E-state index contributed by atoms with van der Waals surface area (Å²) in [7, 11) is 0. The molecule has 1 fully saturated rings. The highest BCUT2D eigenvalue weighted by Gasteiger charge is 2.25. The Morgan fingerprint density at radius 2 is 2.15 bits per heavy atom. The van der Waals surface area contributed by atoms with Gasteiger partial charge in [0, 0.05) is 24.0 Å². The number of aliphatic carboxylic acids is 1. The number of hydrogen-bond donors (Lipinski definition) is 1. The van der Waals surface area contributed by atoms with E-state index in [9.17, 15) is 4.79 Å². The van der Waals surface area contributed by atoms with Crippen LogP contribution >= 0.6 is 11.6 Å². The van der Waals surface area contributed by atoms with Crippen molar-refractivity contribution in [2.75, 3.05) is 13.1 Å². The minimum Gasteiger partial charge on any atom is -0.481 e. The van der Waals surface area contributed by atoms with Gasteiger partial charge in [0.1, 0.15) is 0 Å². The van der Waals surface area contributed by atoms with Crippen LogP contribution in [0, 0.1) is 5.92 Å². The predicted octanol–water partition coefficient (Wildman–Crippen LogP) is 3.46. The maximum Gasteiger partial charge on any atom is 0.303 e. The van der Waals surface area contributed by atoms with Crippen molar-refractivity contribution >= 4 is 17.6 Å². The molecule has 20 heavy (non-hydrogen) atoms. The summed E-state index contributed by atoms with van der Waals surface area (Å²) in [6.45, 7) is 4.20. The Hall–Kier alpha value is -1.06. The number of piperidine rings is 1. The summed E-state index contributed by atoms with van der Waals surface area (Å²) in [6.07, 6.45) is 3.42. The maximum absolute atomic E-state index is 10.8. The molecule has 2 rings (SSSR count). The third kappa shape index (κ3) is 4.50. The standard InChI is InChI=1S/C16H22ClNO2/c1-12(9-13-4-6-15(17)7-5-13)18-8-2-3-14(11-18)10-16(19)20/h4-7,12,14H,2-3,8-11H2,1H3,(H,19,20). The lowest BCUT2D eigenvalue weighted by atomic mass is 9.93. The summed E-state index contributed by atoms with van der Waals surface area (Å²) < 4.78 is 0. The second-order valence-corrected chi connectivity index (χ2v) is 6.22. The first-order valence-corrected chi connectivity index (χ1v) is 7.62. The van der Waals surface area contributed by atoms with Gasteiger partial charge >= 0.3 is 5.97 Å². The van der Waals surface area contributed by atoms with E-state index in [1.165, 1.54) is 5.56 Å². The van der Waals surface area contributed by atoms with E-state index in [0.29, 0.717) is 18.4 Å². The monoisotopic (exact) mass is 295 g/mol. The Balaban J connectivity index is 1.89. The number of carboxylic acid groups (broad SMARTS) is 1. The molecule has 0 aromatic heterocycles. The molecule has 4 heteroatoms. The number of halogens is 1. The quantitative estimate of drug-likeness (QED) is 0.904. The number of hydrogen-bond acceptors (Lipinski definition) is 2. The van der Waals surface area contributed by atoms with E-state index in [1.807, 2.05) is 12.1 Å². The van der Waals surface area contributed by atoms with Gasteiger partial charge in [-0.1, -0.05) is 23.7 Å². The smallest absolute Gasteiger partial charge is 0.303 e. The third-order valence-corrected chi connectivity index (χ3v) is 4.33. The van der Waals surface area contributed by atoms with Crippen molar-refractivity contribution in [1.82, 2.24) is 4.90 Å². The van der Waals surface area contributed by atoms with Crippen LogP contribution < -0.4 is 0 Å².